The highest BCUT2D eigenvalue weighted by molar-refractivity contribution is 7.47. The lowest BCUT2D eigenvalue weighted by molar-refractivity contribution is -0.161. The van der Waals surface area contributed by atoms with E-state index in [2.05, 4.69) is 93.7 Å². The van der Waals surface area contributed by atoms with Crippen LogP contribution in [-0.4, -0.2) is 66.5 Å². The van der Waals surface area contributed by atoms with Gasteiger partial charge >= 0.3 is 25.7 Å². The summed E-state index contributed by atoms with van der Waals surface area (Å²) in [7, 11) is -4.77. The van der Waals surface area contributed by atoms with Gasteiger partial charge in [-0.05, 0) is 77.0 Å². The van der Waals surface area contributed by atoms with Crippen LogP contribution in [0.3, 0.4) is 0 Å². The average Bonchev–Trinajstić information content (AvgIpc) is 3.37. The molecule has 0 amide bonds. The van der Waals surface area contributed by atoms with E-state index in [4.69, 9.17) is 23.3 Å². The summed E-state index contributed by atoms with van der Waals surface area (Å²) in [4.78, 5) is 48.4. The van der Waals surface area contributed by atoms with Crippen molar-refractivity contribution in [3.8, 4) is 0 Å². The van der Waals surface area contributed by atoms with Gasteiger partial charge in [0.2, 0.25) is 0 Å². The zero-order valence-electron chi connectivity index (χ0n) is 45.6. The molecule has 0 saturated heterocycles. The van der Waals surface area contributed by atoms with Gasteiger partial charge in [-0.15, -0.1) is 0 Å². The highest BCUT2D eigenvalue weighted by atomic mass is 31.2. The van der Waals surface area contributed by atoms with Gasteiger partial charge in [-0.3, -0.25) is 23.4 Å². The van der Waals surface area contributed by atoms with Crippen molar-refractivity contribution in [1.82, 2.24) is 0 Å². The predicted octanol–water partition coefficient (Wildman–Crippen LogP) is 16.7. The van der Waals surface area contributed by atoms with Crippen molar-refractivity contribution < 1.29 is 52.2 Å². The first-order valence-corrected chi connectivity index (χ1v) is 30.0. The Kier molecular flexibility index (Phi) is 51.4. The number of aliphatic hydroxyl groups excluding tert-OH is 1. The first-order valence-electron chi connectivity index (χ1n) is 28.5. The van der Waals surface area contributed by atoms with Crippen LogP contribution < -0.4 is 0 Å². The van der Waals surface area contributed by atoms with Gasteiger partial charge in [0.05, 0.1) is 19.8 Å². The fourth-order valence-electron chi connectivity index (χ4n) is 7.56. The molecule has 0 radical (unpaired) electrons. The molecule has 0 aliphatic heterocycles. The second-order valence-corrected chi connectivity index (χ2v) is 20.1. The van der Waals surface area contributed by atoms with Crippen molar-refractivity contribution >= 4 is 25.7 Å². The lowest BCUT2D eigenvalue weighted by Gasteiger charge is -2.21. The maximum atomic E-state index is 12.9. The number of hydrogen-bond acceptors (Lipinski definition) is 10. The molecular weight excluding hydrogens is 928 g/mol. The van der Waals surface area contributed by atoms with Gasteiger partial charge in [-0.2, -0.15) is 0 Å². The van der Waals surface area contributed by atoms with Gasteiger partial charge in [-0.1, -0.05) is 228 Å². The third-order valence-corrected chi connectivity index (χ3v) is 12.8. The monoisotopic (exact) mass is 1030 g/mol. The van der Waals surface area contributed by atoms with Crippen molar-refractivity contribution in [2.45, 2.75) is 251 Å². The molecule has 0 aromatic rings. The SMILES string of the molecule is CC/C=C\C/C=C\C/C=C\C/C=C\CCC(=O)OC(CO)COP(=O)(O)OCC(COC(=O)CCCCC/C=C\C/C=C\C/C=C\CC)OC(=O)CCCCCCCCCCCCCCCCCCCCC. The zero-order chi connectivity index (χ0) is 52.7. The molecule has 72 heavy (non-hydrogen) atoms. The molecule has 0 bridgehead atoms. The van der Waals surface area contributed by atoms with Crippen LogP contribution in [0, 0.1) is 0 Å². The Morgan fingerprint density at radius 2 is 0.750 bits per heavy atom. The molecule has 0 spiro atoms. The molecule has 11 nitrogen and oxygen atoms in total. The van der Waals surface area contributed by atoms with Gasteiger partial charge in [0.15, 0.2) is 6.10 Å². The predicted molar refractivity (Wildman–Crippen MR) is 298 cm³/mol. The van der Waals surface area contributed by atoms with E-state index >= 15 is 0 Å². The summed E-state index contributed by atoms with van der Waals surface area (Å²) in [6, 6.07) is 0. The molecule has 414 valence electrons. The van der Waals surface area contributed by atoms with E-state index in [1.165, 1.54) is 96.3 Å². The van der Waals surface area contributed by atoms with Gasteiger partial charge in [0.25, 0.3) is 0 Å². The zero-order valence-corrected chi connectivity index (χ0v) is 46.5. The molecule has 0 aliphatic carbocycles. The number of aliphatic hydroxyl groups is 1. The Hall–Kier alpha value is -3.34. The van der Waals surface area contributed by atoms with Gasteiger partial charge in [0.1, 0.15) is 12.7 Å². The number of allylic oxidation sites excluding steroid dienone is 14. The summed E-state index contributed by atoms with van der Waals surface area (Å²) in [6.07, 6.45) is 61.5. The van der Waals surface area contributed by atoms with Crippen LogP contribution in [0.4, 0.5) is 0 Å². The van der Waals surface area contributed by atoms with Crippen molar-refractivity contribution in [2.75, 3.05) is 26.4 Å². The number of unbranched alkanes of at least 4 members (excludes halogenated alkanes) is 21. The molecule has 0 heterocycles. The van der Waals surface area contributed by atoms with E-state index in [0.29, 0.717) is 19.3 Å². The van der Waals surface area contributed by atoms with Crippen LogP contribution in [0.1, 0.15) is 239 Å². The van der Waals surface area contributed by atoms with Crippen molar-refractivity contribution in [1.29, 1.82) is 0 Å². The Labute approximate surface area is 439 Å². The quantitative estimate of drug-likeness (QED) is 0.0197. The van der Waals surface area contributed by atoms with E-state index in [-0.39, 0.29) is 25.9 Å². The number of hydrogen-bond donors (Lipinski definition) is 2. The number of carbonyl (C=O) groups excluding carboxylic acids is 3. The summed E-state index contributed by atoms with van der Waals surface area (Å²) in [6.45, 7) is 4.31. The molecule has 2 N–H and O–H groups in total. The number of carbonyl (C=O) groups is 3. The van der Waals surface area contributed by atoms with Crippen molar-refractivity contribution in [2.24, 2.45) is 0 Å². The minimum Gasteiger partial charge on any atom is -0.462 e. The Balaban J connectivity index is 4.77. The van der Waals surface area contributed by atoms with E-state index in [1.54, 1.807) is 0 Å². The van der Waals surface area contributed by atoms with Crippen LogP contribution in [0.5, 0.6) is 0 Å². The van der Waals surface area contributed by atoms with Crippen LogP contribution in [0.15, 0.2) is 85.1 Å². The number of rotatable bonds is 52. The molecule has 3 atom stereocenters. The third kappa shape index (κ3) is 51.6. The number of esters is 3. The van der Waals surface area contributed by atoms with Gasteiger partial charge in [-0.25, -0.2) is 4.57 Å². The number of phosphoric ester groups is 1. The fourth-order valence-corrected chi connectivity index (χ4v) is 8.34. The van der Waals surface area contributed by atoms with E-state index in [9.17, 15) is 28.9 Å². The van der Waals surface area contributed by atoms with Gasteiger partial charge < -0.3 is 24.2 Å². The van der Waals surface area contributed by atoms with E-state index < -0.39 is 57.8 Å². The third-order valence-electron chi connectivity index (χ3n) is 11.8. The largest absolute Gasteiger partial charge is 0.472 e. The Morgan fingerprint density at radius 1 is 0.403 bits per heavy atom. The Morgan fingerprint density at radius 3 is 1.19 bits per heavy atom. The summed E-state index contributed by atoms with van der Waals surface area (Å²) in [5.41, 5.74) is 0. The Bertz CT molecular complexity index is 1530. The maximum Gasteiger partial charge on any atom is 0.472 e. The summed E-state index contributed by atoms with van der Waals surface area (Å²) in [5, 5.41) is 9.78. The molecule has 0 aromatic carbocycles. The van der Waals surface area contributed by atoms with Crippen molar-refractivity contribution in [3.63, 3.8) is 0 Å². The maximum absolute atomic E-state index is 12.9. The highest BCUT2D eigenvalue weighted by Crippen LogP contribution is 2.43. The molecule has 3 unspecified atom stereocenters. The first kappa shape index (κ1) is 68.7. The fraction of sp³-hybridized carbons (Fsp3) is 0.717. The smallest absolute Gasteiger partial charge is 0.462 e. The van der Waals surface area contributed by atoms with Crippen LogP contribution >= 0.6 is 7.82 Å². The standard InChI is InChI=1S/C60H103O11P/c1-4-7-10-13-16-19-22-25-26-27-28-29-30-33-36-39-42-45-48-51-60(64)71-57(53-67-58(62)49-46-43-40-37-34-31-23-20-17-14-11-8-5-2)55-69-72(65,66)68-54-56(52-61)70-59(63)50-47-44-41-38-35-32-24-21-18-15-12-9-6-3/h8-9,11-12,17-18,20-21,31-32,34-35,41,44,56-57,61H,4-7,10,13-16,19,22-30,33,36-40,42-43,45-55H2,1-3H3,(H,65,66)/b11-8-,12-9-,20-17-,21-18-,34-31-,35-32-,44-41-. The topological polar surface area (TPSA) is 155 Å². The molecule has 0 rings (SSSR count). The van der Waals surface area contributed by atoms with Crippen LogP contribution in [0.25, 0.3) is 0 Å². The van der Waals surface area contributed by atoms with Crippen LogP contribution in [0.2, 0.25) is 0 Å². The first-order chi connectivity index (χ1) is 35.2. The summed E-state index contributed by atoms with van der Waals surface area (Å²) < 4.78 is 39.4. The average molecular weight is 1030 g/mol. The second-order valence-electron chi connectivity index (χ2n) is 18.7. The second kappa shape index (κ2) is 53.9. The minimum atomic E-state index is -4.77. The van der Waals surface area contributed by atoms with E-state index in [1.807, 2.05) is 12.2 Å². The molecule has 12 heteroatoms. The molecule has 0 saturated carbocycles. The number of ether oxygens (including phenoxy) is 3. The molecular formula is C60H103O11P. The summed E-state index contributed by atoms with van der Waals surface area (Å²) in [5.74, 6) is -1.58. The lowest BCUT2D eigenvalue weighted by atomic mass is 10.0. The molecule has 0 aliphatic rings. The normalized spacial score (nSPS) is 14.0. The van der Waals surface area contributed by atoms with Gasteiger partial charge in [0, 0.05) is 19.3 Å². The lowest BCUT2D eigenvalue weighted by Crippen LogP contribution is -2.30. The molecule has 0 fully saturated rings. The van der Waals surface area contributed by atoms with Crippen molar-refractivity contribution in [3.05, 3.63) is 85.1 Å². The summed E-state index contributed by atoms with van der Waals surface area (Å²) >= 11 is 0. The van der Waals surface area contributed by atoms with Crippen LogP contribution in [-0.2, 0) is 42.2 Å². The molecule has 0 aromatic heterocycles. The highest BCUT2D eigenvalue weighted by Gasteiger charge is 2.28. The number of phosphoric acid groups is 1. The minimum absolute atomic E-state index is 0.0521. The van der Waals surface area contributed by atoms with E-state index in [0.717, 1.165) is 83.5 Å².